The van der Waals surface area contributed by atoms with Gasteiger partial charge in [-0.3, -0.25) is 15.2 Å². The molecule has 0 aromatic carbocycles. The highest BCUT2D eigenvalue weighted by atomic mass is 16.1. The molecule has 15 heavy (non-hydrogen) atoms. The summed E-state index contributed by atoms with van der Waals surface area (Å²) in [6.07, 6.45) is 0.912. The van der Waals surface area contributed by atoms with Crippen LogP contribution in [0.2, 0.25) is 0 Å². The lowest BCUT2D eigenvalue weighted by Gasteiger charge is -2.20. The first-order valence-corrected chi connectivity index (χ1v) is 5.09. The molecule has 0 aromatic rings. The molecule has 0 aliphatic rings. The topological polar surface area (TPSA) is 106 Å². The maximum Gasteiger partial charge on any atom is 0.240 e. The van der Waals surface area contributed by atoms with Gasteiger partial charge in [-0.15, -0.1) is 0 Å². The van der Waals surface area contributed by atoms with Gasteiger partial charge in [0.05, 0.1) is 0 Å². The molecule has 1 amide bonds. The summed E-state index contributed by atoms with van der Waals surface area (Å²) in [5, 5.41) is 2.88. The molecule has 0 rings (SSSR count). The standard InChI is InChI=1S/C9H21N5O/c1-4-5-12-9(14-11)13-7(6(2)3)8(10)15/h6-7H,4-5,11H2,1-3H3,(H2,10,15)(H2,12,13,14). The smallest absolute Gasteiger partial charge is 0.240 e. The number of aliphatic imine (C=N–C) groups is 1. The molecule has 0 aliphatic carbocycles. The number of carbonyl (C=O) groups excluding carboxylic acids is 1. The van der Waals surface area contributed by atoms with Crippen molar-refractivity contribution in [2.24, 2.45) is 22.5 Å². The molecule has 0 fully saturated rings. The van der Waals surface area contributed by atoms with Crippen molar-refractivity contribution in [1.29, 1.82) is 0 Å². The zero-order valence-electron chi connectivity index (χ0n) is 9.58. The molecule has 6 heteroatoms. The van der Waals surface area contributed by atoms with Crippen LogP contribution >= 0.6 is 0 Å². The number of amides is 1. The van der Waals surface area contributed by atoms with Crippen LogP contribution in [-0.4, -0.2) is 24.5 Å². The first-order valence-electron chi connectivity index (χ1n) is 5.09. The summed E-state index contributed by atoms with van der Waals surface area (Å²) < 4.78 is 0. The van der Waals surface area contributed by atoms with Crippen LogP contribution in [0.4, 0.5) is 0 Å². The molecule has 6 N–H and O–H groups in total. The molecular formula is C9H21N5O. The second-order valence-electron chi connectivity index (χ2n) is 3.64. The van der Waals surface area contributed by atoms with Gasteiger partial charge in [-0.1, -0.05) is 20.8 Å². The number of hydrazine groups is 1. The number of guanidine groups is 1. The lowest BCUT2D eigenvalue weighted by molar-refractivity contribution is -0.120. The second-order valence-corrected chi connectivity index (χ2v) is 3.64. The van der Waals surface area contributed by atoms with Crippen molar-refractivity contribution in [3.63, 3.8) is 0 Å². The summed E-state index contributed by atoms with van der Waals surface area (Å²) in [5.74, 6) is 5.34. The normalized spacial score (nSPS) is 13.8. The van der Waals surface area contributed by atoms with Crippen molar-refractivity contribution >= 4 is 11.9 Å². The summed E-state index contributed by atoms with van der Waals surface area (Å²) in [5.41, 5.74) is 7.65. The predicted molar refractivity (Wildman–Crippen MR) is 60.9 cm³/mol. The van der Waals surface area contributed by atoms with Crippen LogP contribution in [0.1, 0.15) is 27.2 Å². The van der Waals surface area contributed by atoms with Gasteiger partial charge in [0.2, 0.25) is 11.9 Å². The number of nitrogens with one attached hydrogen (secondary N) is 2. The van der Waals surface area contributed by atoms with Crippen molar-refractivity contribution in [3.05, 3.63) is 0 Å². The molecule has 6 nitrogen and oxygen atoms in total. The van der Waals surface area contributed by atoms with Gasteiger partial charge in [0.1, 0.15) is 6.04 Å². The van der Waals surface area contributed by atoms with Crippen LogP contribution in [0.15, 0.2) is 4.99 Å². The lowest BCUT2D eigenvalue weighted by atomic mass is 10.0. The maximum absolute atomic E-state index is 11.1. The third kappa shape index (κ3) is 5.21. The Kier molecular flexibility index (Phi) is 6.44. The molecule has 0 radical (unpaired) electrons. The van der Waals surface area contributed by atoms with E-state index in [4.69, 9.17) is 11.6 Å². The molecule has 0 aromatic heterocycles. The molecule has 0 bridgehead atoms. The average molecular weight is 215 g/mol. The first-order chi connectivity index (χ1) is 7.02. The van der Waals surface area contributed by atoms with Crippen LogP contribution in [0, 0.1) is 5.92 Å². The number of rotatable bonds is 5. The Bertz CT molecular complexity index is 227. The van der Waals surface area contributed by atoms with Crippen LogP contribution in [0.25, 0.3) is 0 Å². The Morgan fingerprint density at radius 1 is 1.47 bits per heavy atom. The third-order valence-corrected chi connectivity index (χ3v) is 1.90. The molecule has 0 aliphatic heterocycles. The number of hydrogen-bond acceptors (Lipinski definition) is 3. The van der Waals surface area contributed by atoms with E-state index in [1.54, 1.807) is 0 Å². The van der Waals surface area contributed by atoms with E-state index in [1.165, 1.54) is 0 Å². The first kappa shape index (κ1) is 13.7. The minimum atomic E-state index is -0.461. The van der Waals surface area contributed by atoms with Crippen LogP contribution in [-0.2, 0) is 4.79 Å². The van der Waals surface area contributed by atoms with Gasteiger partial charge in [0, 0.05) is 6.54 Å². The highest BCUT2D eigenvalue weighted by Gasteiger charge is 2.20. The Morgan fingerprint density at radius 2 is 2.07 bits per heavy atom. The van der Waals surface area contributed by atoms with Gasteiger partial charge in [-0.05, 0) is 12.3 Å². The largest absolute Gasteiger partial charge is 0.368 e. The zero-order valence-corrected chi connectivity index (χ0v) is 9.58. The summed E-state index contributed by atoms with van der Waals surface area (Å²) in [6, 6.07) is -0.461. The van der Waals surface area contributed by atoms with Gasteiger partial charge >= 0.3 is 0 Å². The van der Waals surface area contributed by atoms with Crippen molar-refractivity contribution in [2.75, 3.05) is 6.54 Å². The molecule has 0 saturated heterocycles. The molecule has 0 heterocycles. The van der Waals surface area contributed by atoms with Gasteiger partial charge in [-0.25, -0.2) is 5.84 Å². The van der Waals surface area contributed by atoms with Crippen molar-refractivity contribution in [1.82, 2.24) is 10.7 Å². The molecule has 1 unspecified atom stereocenters. The molecule has 0 saturated carbocycles. The lowest BCUT2D eigenvalue weighted by Crippen LogP contribution is -2.53. The summed E-state index contributed by atoms with van der Waals surface area (Å²) in [6.45, 7) is 6.45. The van der Waals surface area contributed by atoms with E-state index < -0.39 is 11.9 Å². The Balaban J connectivity index is 4.42. The van der Waals surface area contributed by atoms with Gasteiger partial charge in [0.15, 0.2) is 0 Å². The fourth-order valence-electron chi connectivity index (χ4n) is 1.07. The Hall–Kier alpha value is -1.30. The SMILES string of the molecule is CCCN=C(NN)NC(C(N)=O)C(C)C. The fourth-order valence-corrected chi connectivity index (χ4v) is 1.07. The third-order valence-electron chi connectivity index (χ3n) is 1.90. The summed E-state index contributed by atoms with van der Waals surface area (Å²) in [4.78, 5) is 15.2. The number of primary amides is 1. The minimum absolute atomic E-state index is 0.0858. The van der Waals surface area contributed by atoms with E-state index >= 15 is 0 Å². The molecular weight excluding hydrogens is 194 g/mol. The van der Waals surface area contributed by atoms with E-state index in [0.717, 1.165) is 6.42 Å². The Morgan fingerprint density at radius 3 is 2.40 bits per heavy atom. The molecule has 1 atom stereocenters. The maximum atomic E-state index is 11.1. The van der Waals surface area contributed by atoms with Crippen LogP contribution in [0.3, 0.4) is 0 Å². The monoisotopic (exact) mass is 215 g/mol. The average Bonchev–Trinajstić information content (AvgIpc) is 2.17. The minimum Gasteiger partial charge on any atom is -0.368 e. The van der Waals surface area contributed by atoms with Crippen molar-refractivity contribution < 1.29 is 4.79 Å². The molecule has 0 spiro atoms. The van der Waals surface area contributed by atoms with Gasteiger partial charge in [0.25, 0.3) is 0 Å². The number of carbonyl (C=O) groups is 1. The van der Waals surface area contributed by atoms with E-state index in [1.807, 2.05) is 20.8 Å². The van der Waals surface area contributed by atoms with Crippen LogP contribution in [0.5, 0.6) is 0 Å². The number of nitrogens with two attached hydrogens (primary N) is 2. The van der Waals surface area contributed by atoms with Gasteiger partial charge in [-0.2, -0.15) is 0 Å². The second kappa shape index (κ2) is 7.05. The van der Waals surface area contributed by atoms with E-state index in [9.17, 15) is 4.79 Å². The number of nitrogens with zero attached hydrogens (tertiary/aromatic N) is 1. The van der Waals surface area contributed by atoms with Crippen molar-refractivity contribution in [3.8, 4) is 0 Å². The van der Waals surface area contributed by atoms with E-state index in [0.29, 0.717) is 12.5 Å². The van der Waals surface area contributed by atoms with Crippen LogP contribution < -0.4 is 22.3 Å². The quantitative estimate of drug-likeness (QED) is 0.211. The van der Waals surface area contributed by atoms with Crippen molar-refractivity contribution in [2.45, 2.75) is 33.2 Å². The summed E-state index contributed by atoms with van der Waals surface area (Å²) >= 11 is 0. The molecule has 88 valence electrons. The fraction of sp³-hybridized carbons (Fsp3) is 0.778. The highest BCUT2D eigenvalue weighted by Crippen LogP contribution is 2.00. The van der Waals surface area contributed by atoms with Gasteiger partial charge < -0.3 is 11.1 Å². The predicted octanol–water partition coefficient (Wildman–Crippen LogP) is -0.685. The van der Waals surface area contributed by atoms with E-state index in [-0.39, 0.29) is 5.92 Å². The number of hydrogen-bond donors (Lipinski definition) is 4. The zero-order chi connectivity index (χ0) is 11.8. The summed E-state index contributed by atoms with van der Waals surface area (Å²) in [7, 11) is 0. The Labute approximate surface area is 90.5 Å². The van der Waals surface area contributed by atoms with E-state index in [2.05, 4.69) is 15.7 Å². The highest BCUT2D eigenvalue weighted by molar-refractivity contribution is 5.88.